The van der Waals surface area contributed by atoms with E-state index in [0.29, 0.717) is 5.69 Å². The summed E-state index contributed by atoms with van der Waals surface area (Å²) in [5, 5.41) is 23.0. The lowest BCUT2D eigenvalue weighted by Crippen LogP contribution is -2.42. The minimum atomic E-state index is -0.475. The lowest BCUT2D eigenvalue weighted by atomic mass is 9.91. The Morgan fingerprint density at radius 3 is 2.79 bits per heavy atom. The Morgan fingerprint density at radius 2 is 2.16 bits per heavy atom. The molecule has 2 rings (SSSR count). The van der Waals surface area contributed by atoms with Crippen LogP contribution in [0, 0.1) is 21.4 Å². The van der Waals surface area contributed by atoms with Gasteiger partial charge in [-0.25, -0.2) is 0 Å². The molecule has 1 aromatic carbocycles. The van der Waals surface area contributed by atoms with Gasteiger partial charge in [-0.2, -0.15) is 5.26 Å². The van der Waals surface area contributed by atoms with Crippen molar-refractivity contribution in [3.63, 3.8) is 0 Å². The van der Waals surface area contributed by atoms with Crippen LogP contribution in [0.4, 0.5) is 11.4 Å². The van der Waals surface area contributed by atoms with Gasteiger partial charge in [0.25, 0.3) is 5.69 Å². The van der Waals surface area contributed by atoms with Crippen LogP contribution in [0.3, 0.4) is 0 Å². The predicted molar refractivity (Wildman–Crippen MR) is 71.7 cm³/mol. The number of rotatable bonds is 3. The van der Waals surface area contributed by atoms with E-state index in [-0.39, 0.29) is 23.3 Å². The van der Waals surface area contributed by atoms with Crippen molar-refractivity contribution < 1.29 is 4.92 Å². The van der Waals surface area contributed by atoms with E-state index in [1.54, 1.807) is 12.1 Å². The van der Waals surface area contributed by atoms with Gasteiger partial charge >= 0.3 is 0 Å². The first-order valence-electron chi connectivity index (χ1n) is 6.32. The average molecular weight is 260 g/mol. The molecule has 0 saturated heterocycles. The predicted octanol–water partition coefficient (Wildman–Crippen LogP) is 2.15. The van der Waals surface area contributed by atoms with Crippen LogP contribution in [0.1, 0.15) is 31.2 Å². The Morgan fingerprint density at radius 1 is 1.42 bits per heavy atom. The third-order valence-corrected chi connectivity index (χ3v) is 3.48. The molecule has 100 valence electrons. The largest absolute Gasteiger partial charge is 0.375 e. The molecule has 0 heterocycles. The highest BCUT2D eigenvalue weighted by Crippen LogP contribution is 2.28. The van der Waals surface area contributed by atoms with E-state index in [0.717, 1.165) is 25.7 Å². The van der Waals surface area contributed by atoms with Crippen molar-refractivity contribution in [2.45, 2.75) is 37.8 Å². The number of nitrogens with one attached hydrogen (secondary N) is 1. The molecular formula is C13H16N4O2. The third kappa shape index (κ3) is 3.01. The lowest BCUT2D eigenvalue weighted by molar-refractivity contribution is -0.384. The summed E-state index contributed by atoms with van der Waals surface area (Å²) >= 11 is 0. The Hall–Kier alpha value is -2.13. The van der Waals surface area contributed by atoms with Gasteiger partial charge in [-0.15, -0.1) is 0 Å². The maximum Gasteiger partial charge on any atom is 0.293 e. The maximum atomic E-state index is 11.0. The van der Waals surface area contributed by atoms with Gasteiger partial charge in [0.15, 0.2) is 0 Å². The van der Waals surface area contributed by atoms with Gasteiger partial charge in [-0.1, -0.05) is 12.8 Å². The minimum absolute atomic E-state index is 0.0176. The fraction of sp³-hybridized carbons (Fsp3) is 0.462. The second-order valence-electron chi connectivity index (χ2n) is 4.80. The Kier molecular flexibility index (Phi) is 3.97. The maximum absolute atomic E-state index is 11.0. The summed E-state index contributed by atoms with van der Waals surface area (Å²) < 4.78 is 0. The van der Waals surface area contributed by atoms with Gasteiger partial charge in [-0.05, 0) is 25.0 Å². The first-order chi connectivity index (χ1) is 9.11. The minimum Gasteiger partial charge on any atom is -0.375 e. The van der Waals surface area contributed by atoms with Gasteiger partial charge < -0.3 is 11.1 Å². The van der Waals surface area contributed by atoms with Crippen LogP contribution < -0.4 is 11.1 Å². The molecule has 0 aromatic heterocycles. The highest BCUT2D eigenvalue weighted by atomic mass is 16.6. The van der Waals surface area contributed by atoms with E-state index in [4.69, 9.17) is 11.0 Å². The molecule has 0 amide bonds. The van der Waals surface area contributed by atoms with Crippen LogP contribution in [0.15, 0.2) is 18.2 Å². The molecule has 0 spiro atoms. The Bertz CT molecular complexity index is 524. The molecule has 0 aliphatic heterocycles. The van der Waals surface area contributed by atoms with Crippen LogP contribution in [-0.4, -0.2) is 17.0 Å². The molecule has 19 heavy (non-hydrogen) atoms. The second-order valence-corrected chi connectivity index (χ2v) is 4.80. The van der Waals surface area contributed by atoms with Crippen LogP contribution in [0.25, 0.3) is 0 Å². The van der Waals surface area contributed by atoms with Crippen LogP contribution in [0.2, 0.25) is 0 Å². The standard InChI is InChI=1S/C13H16N4O2/c14-8-9-5-6-12(13(7-9)17(18)19)16-11-4-2-1-3-10(11)15/h5-7,10-11,16H,1-4,15H2. The number of nitrogens with two attached hydrogens (primary N) is 1. The Balaban J connectivity index is 2.24. The number of nitro groups is 1. The monoisotopic (exact) mass is 260 g/mol. The Labute approximate surface area is 111 Å². The van der Waals surface area contributed by atoms with Gasteiger partial charge in [0, 0.05) is 18.2 Å². The fourth-order valence-corrected chi connectivity index (χ4v) is 2.41. The van der Waals surface area contributed by atoms with Crippen molar-refractivity contribution in [2.75, 3.05) is 5.32 Å². The molecule has 1 aliphatic carbocycles. The fourth-order valence-electron chi connectivity index (χ4n) is 2.41. The summed E-state index contributed by atoms with van der Waals surface area (Å²) in [5.41, 5.74) is 6.67. The molecule has 1 aliphatic rings. The molecule has 1 aromatic rings. The zero-order chi connectivity index (χ0) is 13.8. The molecule has 1 saturated carbocycles. The van der Waals surface area contributed by atoms with E-state index in [1.807, 2.05) is 6.07 Å². The first-order valence-corrected chi connectivity index (χ1v) is 6.32. The second kappa shape index (κ2) is 5.67. The normalized spacial score (nSPS) is 22.5. The van der Waals surface area contributed by atoms with Gasteiger partial charge in [-0.3, -0.25) is 10.1 Å². The van der Waals surface area contributed by atoms with Crippen LogP contribution >= 0.6 is 0 Å². The summed E-state index contributed by atoms with van der Waals surface area (Å²) in [6, 6.07) is 6.42. The van der Waals surface area contributed by atoms with Gasteiger partial charge in [0.2, 0.25) is 0 Å². The summed E-state index contributed by atoms with van der Waals surface area (Å²) in [7, 11) is 0. The molecule has 1 fully saturated rings. The van der Waals surface area contributed by atoms with Crippen molar-refractivity contribution in [1.82, 2.24) is 0 Å². The van der Waals surface area contributed by atoms with Crippen molar-refractivity contribution in [3.8, 4) is 6.07 Å². The van der Waals surface area contributed by atoms with Crippen molar-refractivity contribution >= 4 is 11.4 Å². The summed E-state index contributed by atoms with van der Waals surface area (Å²) in [6.45, 7) is 0. The number of anilines is 1. The smallest absolute Gasteiger partial charge is 0.293 e. The lowest BCUT2D eigenvalue weighted by Gasteiger charge is -2.29. The van der Waals surface area contributed by atoms with Crippen molar-refractivity contribution in [2.24, 2.45) is 5.73 Å². The van der Waals surface area contributed by atoms with Gasteiger partial charge in [0.05, 0.1) is 16.6 Å². The van der Waals surface area contributed by atoms with Crippen LogP contribution in [0.5, 0.6) is 0 Å². The molecule has 2 unspecified atom stereocenters. The molecule has 0 radical (unpaired) electrons. The van der Waals surface area contributed by atoms with E-state index in [9.17, 15) is 10.1 Å². The van der Waals surface area contributed by atoms with E-state index < -0.39 is 4.92 Å². The number of nitro benzene ring substituents is 1. The van der Waals surface area contributed by atoms with E-state index >= 15 is 0 Å². The zero-order valence-corrected chi connectivity index (χ0v) is 10.5. The number of hydrogen-bond donors (Lipinski definition) is 2. The quantitative estimate of drug-likeness (QED) is 0.640. The number of nitrogens with zero attached hydrogens (tertiary/aromatic N) is 2. The zero-order valence-electron chi connectivity index (χ0n) is 10.5. The molecule has 6 heteroatoms. The molecule has 0 bridgehead atoms. The molecule has 3 N–H and O–H groups in total. The number of hydrogen-bond acceptors (Lipinski definition) is 5. The number of benzene rings is 1. The highest BCUT2D eigenvalue weighted by molar-refractivity contribution is 5.64. The topological polar surface area (TPSA) is 105 Å². The highest BCUT2D eigenvalue weighted by Gasteiger charge is 2.24. The first kappa shape index (κ1) is 13.3. The van der Waals surface area contributed by atoms with E-state index in [2.05, 4.69) is 5.32 Å². The molecular weight excluding hydrogens is 244 g/mol. The summed E-state index contributed by atoms with van der Waals surface area (Å²) in [6.07, 6.45) is 4.03. The van der Waals surface area contributed by atoms with Crippen LogP contribution in [-0.2, 0) is 0 Å². The SMILES string of the molecule is N#Cc1ccc(NC2CCCCC2N)c([N+](=O)[O-])c1. The third-order valence-electron chi connectivity index (χ3n) is 3.48. The molecule has 6 nitrogen and oxygen atoms in total. The summed E-state index contributed by atoms with van der Waals surface area (Å²) in [5.74, 6) is 0. The molecule has 2 atom stereocenters. The van der Waals surface area contributed by atoms with Gasteiger partial charge in [0.1, 0.15) is 5.69 Å². The van der Waals surface area contributed by atoms with Crippen molar-refractivity contribution in [3.05, 3.63) is 33.9 Å². The number of nitriles is 1. The van der Waals surface area contributed by atoms with E-state index in [1.165, 1.54) is 6.07 Å². The average Bonchev–Trinajstić information content (AvgIpc) is 2.41. The van der Waals surface area contributed by atoms with Crippen molar-refractivity contribution in [1.29, 1.82) is 5.26 Å². The summed E-state index contributed by atoms with van der Waals surface area (Å²) in [4.78, 5) is 10.6.